The van der Waals surface area contributed by atoms with Crippen LogP contribution in [0.25, 0.3) is 16.9 Å². The van der Waals surface area contributed by atoms with Crippen LogP contribution in [0.4, 0.5) is 0 Å². The number of hydrogen-bond donors (Lipinski definition) is 0. The van der Waals surface area contributed by atoms with Crippen LogP contribution in [0, 0.1) is 6.92 Å². The van der Waals surface area contributed by atoms with Gasteiger partial charge in [-0.25, -0.2) is 10.0 Å². The quantitative estimate of drug-likeness (QED) is 0.519. The van der Waals surface area contributed by atoms with Crippen LogP contribution in [0.1, 0.15) is 45.7 Å². The molecule has 0 atom stereocenters. The number of ether oxygens (including phenoxy) is 1. The average Bonchev–Trinajstić information content (AvgIpc) is 3.26. The normalized spacial score (nSPS) is 16.5. The molecular weight excluding hydrogens is 426 g/mol. The molecule has 1 aromatic heterocycles. The topological polar surface area (TPSA) is 54.8 Å². The highest BCUT2D eigenvalue weighted by atomic mass is 35.5. The van der Waals surface area contributed by atoms with E-state index in [1.165, 1.54) is 5.01 Å². The lowest BCUT2D eigenvalue weighted by atomic mass is 10.1. The first-order valence-electron chi connectivity index (χ1n) is 10.8. The van der Waals surface area contributed by atoms with E-state index in [0.29, 0.717) is 21.8 Å². The molecule has 0 N–H and O–H groups in total. The Hall–Kier alpha value is -3.09. The minimum Gasteiger partial charge on any atom is -0.497 e. The third-order valence-electron chi connectivity index (χ3n) is 6.28. The molecule has 2 aromatic carbocycles. The minimum absolute atomic E-state index is 0.244. The van der Waals surface area contributed by atoms with Crippen LogP contribution < -0.4 is 4.74 Å². The molecule has 1 fully saturated rings. The first kappa shape index (κ1) is 20.8. The van der Waals surface area contributed by atoms with Gasteiger partial charge in [-0.3, -0.25) is 9.59 Å². The summed E-state index contributed by atoms with van der Waals surface area (Å²) in [4.78, 5) is 27.2. The number of rotatable bonds is 4. The van der Waals surface area contributed by atoms with Crippen molar-refractivity contribution < 1.29 is 14.3 Å². The Bertz CT molecular complexity index is 1190. The van der Waals surface area contributed by atoms with Crippen LogP contribution in [-0.2, 0) is 0 Å². The van der Waals surface area contributed by atoms with Crippen LogP contribution in [0.3, 0.4) is 0 Å². The van der Waals surface area contributed by atoms with Gasteiger partial charge < -0.3 is 9.30 Å². The van der Waals surface area contributed by atoms with Crippen molar-refractivity contribution in [3.63, 3.8) is 0 Å². The number of carbonyl (C=O) groups excluding carboxylic acids is 2. The number of imide groups is 1. The molecule has 2 aliphatic heterocycles. The van der Waals surface area contributed by atoms with Crippen LogP contribution in [0.2, 0.25) is 5.02 Å². The number of aromatic nitrogens is 1. The van der Waals surface area contributed by atoms with Crippen LogP contribution in [0.15, 0.2) is 48.5 Å². The van der Waals surface area contributed by atoms with Crippen LogP contribution in [-0.4, -0.2) is 46.6 Å². The molecule has 3 aromatic rings. The van der Waals surface area contributed by atoms with Gasteiger partial charge in [0.1, 0.15) is 5.75 Å². The molecule has 0 unspecified atom stereocenters. The molecule has 6 nitrogen and oxygen atoms in total. The summed E-state index contributed by atoms with van der Waals surface area (Å²) in [6, 6.07) is 15.0. The predicted molar refractivity (Wildman–Crippen MR) is 123 cm³/mol. The van der Waals surface area contributed by atoms with E-state index in [0.717, 1.165) is 55.0 Å². The summed E-state index contributed by atoms with van der Waals surface area (Å²) in [5.41, 5.74) is 4.06. The van der Waals surface area contributed by atoms with Crippen molar-refractivity contribution >= 4 is 23.4 Å². The lowest BCUT2D eigenvalue weighted by molar-refractivity contribution is -0.00693. The van der Waals surface area contributed by atoms with E-state index in [1.54, 1.807) is 19.2 Å². The monoisotopic (exact) mass is 449 g/mol. The standard InChI is InChI=1S/C25H24ClN3O3/c1-16-21-22(25(31)29(24(21)30)27-14-4-3-5-15-27)23(17-6-8-18(26)9-7-17)28(16)19-10-12-20(32-2)13-11-19/h6-13H,3-5,14-15H2,1-2H3. The zero-order valence-corrected chi connectivity index (χ0v) is 18.9. The number of amides is 2. The molecule has 2 aliphatic rings. The maximum atomic E-state index is 13.7. The Balaban J connectivity index is 1.71. The molecule has 0 bridgehead atoms. The number of hydrogen-bond acceptors (Lipinski definition) is 4. The van der Waals surface area contributed by atoms with Gasteiger partial charge in [-0.2, -0.15) is 0 Å². The summed E-state index contributed by atoms with van der Waals surface area (Å²) in [6.45, 7) is 3.33. The van der Waals surface area contributed by atoms with Crippen molar-refractivity contribution in [2.45, 2.75) is 26.2 Å². The minimum atomic E-state index is -0.257. The fourth-order valence-electron chi connectivity index (χ4n) is 4.73. The summed E-state index contributed by atoms with van der Waals surface area (Å²) < 4.78 is 7.28. The second kappa shape index (κ2) is 8.11. The number of fused-ring (bicyclic) bond motifs is 1. The third kappa shape index (κ3) is 3.22. The van der Waals surface area contributed by atoms with Crippen LogP contribution in [0.5, 0.6) is 5.75 Å². The predicted octanol–water partition coefficient (Wildman–Crippen LogP) is 5.11. The van der Waals surface area contributed by atoms with Gasteiger partial charge in [-0.1, -0.05) is 30.2 Å². The maximum Gasteiger partial charge on any atom is 0.278 e. The van der Waals surface area contributed by atoms with Gasteiger partial charge in [0.25, 0.3) is 11.8 Å². The summed E-state index contributed by atoms with van der Waals surface area (Å²) in [5, 5.41) is 3.87. The molecule has 5 rings (SSSR count). The summed E-state index contributed by atoms with van der Waals surface area (Å²) in [6.07, 6.45) is 3.09. The van der Waals surface area contributed by atoms with Crippen molar-refractivity contribution in [2.75, 3.05) is 20.2 Å². The Morgan fingerprint density at radius 3 is 2.09 bits per heavy atom. The van der Waals surface area contributed by atoms with Crippen LogP contribution >= 0.6 is 11.6 Å². The average molecular weight is 450 g/mol. The number of methoxy groups -OCH3 is 1. The van der Waals surface area contributed by atoms with E-state index in [2.05, 4.69) is 0 Å². The number of hydrazine groups is 1. The highest BCUT2D eigenvalue weighted by Crippen LogP contribution is 2.40. The number of halogens is 1. The molecule has 0 aliphatic carbocycles. The SMILES string of the molecule is COc1ccc(-n2c(C)c3c(c2-c2ccc(Cl)cc2)C(=O)N(N2CCCCC2)C3=O)cc1. The molecule has 0 saturated carbocycles. The largest absolute Gasteiger partial charge is 0.497 e. The Labute approximate surface area is 191 Å². The van der Waals surface area contributed by atoms with Gasteiger partial charge in [0, 0.05) is 29.5 Å². The number of nitrogens with zero attached hydrogens (tertiary/aromatic N) is 3. The molecular formula is C25H24ClN3O3. The van der Waals surface area contributed by atoms with E-state index in [-0.39, 0.29) is 11.8 Å². The van der Waals surface area contributed by atoms with E-state index in [1.807, 2.05) is 52.9 Å². The van der Waals surface area contributed by atoms with Gasteiger partial charge in [0.15, 0.2) is 0 Å². The summed E-state index contributed by atoms with van der Waals surface area (Å²) in [5.74, 6) is 0.238. The zero-order valence-electron chi connectivity index (χ0n) is 18.1. The molecule has 164 valence electrons. The van der Waals surface area contributed by atoms with Gasteiger partial charge in [-0.15, -0.1) is 0 Å². The van der Waals surface area contributed by atoms with E-state index in [9.17, 15) is 9.59 Å². The lowest BCUT2D eigenvalue weighted by Crippen LogP contribution is -2.48. The van der Waals surface area contributed by atoms with Gasteiger partial charge in [-0.05, 0) is 61.7 Å². The fraction of sp³-hybridized carbons (Fsp3) is 0.280. The van der Waals surface area contributed by atoms with Gasteiger partial charge >= 0.3 is 0 Å². The second-order valence-electron chi connectivity index (χ2n) is 8.16. The van der Waals surface area contributed by atoms with Crippen molar-refractivity contribution in [2.24, 2.45) is 0 Å². The molecule has 2 amide bonds. The first-order chi connectivity index (χ1) is 15.5. The smallest absolute Gasteiger partial charge is 0.278 e. The highest BCUT2D eigenvalue weighted by Gasteiger charge is 2.45. The maximum absolute atomic E-state index is 13.7. The Morgan fingerprint density at radius 2 is 1.47 bits per heavy atom. The zero-order chi connectivity index (χ0) is 22.4. The molecule has 0 spiro atoms. The summed E-state index contributed by atoms with van der Waals surface area (Å²) >= 11 is 6.13. The molecule has 0 radical (unpaired) electrons. The molecule has 1 saturated heterocycles. The van der Waals surface area contributed by atoms with E-state index in [4.69, 9.17) is 16.3 Å². The van der Waals surface area contributed by atoms with Crippen molar-refractivity contribution in [3.05, 3.63) is 70.4 Å². The number of benzene rings is 2. The van der Waals surface area contributed by atoms with E-state index >= 15 is 0 Å². The third-order valence-corrected chi connectivity index (χ3v) is 6.54. The van der Waals surface area contributed by atoms with Crippen molar-refractivity contribution in [3.8, 4) is 22.7 Å². The summed E-state index contributed by atoms with van der Waals surface area (Å²) in [7, 11) is 1.62. The molecule has 7 heteroatoms. The van der Waals surface area contributed by atoms with Crippen molar-refractivity contribution in [1.82, 2.24) is 14.6 Å². The fourth-order valence-corrected chi connectivity index (χ4v) is 4.86. The number of carbonyl (C=O) groups is 2. The Morgan fingerprint density at radius 1 is 0.844 bits per heavy atom. The first-order valence-corrected chi connectivity index (χ1v) is 11.2. The van der Waals surface area contributed by atoms with Crippen molar-refractivity contribution in [1.29, 1.82) is 0 Å². The second-order valence-corrected chi connectivity index (χ2v) is 8.60. The number of piperidine rings is 1. The van der Waals surface area contributed by atoms with Gasteiger partial charge in [0.05, 0.1) is 23.9 Å². The molecule has 3 heterocycles. The van der Waals surface area contributed by atoms with E-state index < -0.39 is 0 Å². The van der Waals surface area contributed by atoms with Gasteiger partial charge in [0.2, 0.25) is 0 Å². The Kier molecular flexibility index (Phi) is 5.27. The highest BCUT2D eigenvalue weighted by molar-refractivity contribution is 6.30. The molecule has 32 heavy (non-hydrogen) atoms. The lowest BCUT2D eigenvalue weighted by Gasteiger charge is -2.33.